The second-order valence-electron chi connectivity index (χ2n) is 3.30. The van der Waals surface area contributed by atoms with Gasteiger partial charge in [0, 0.05) is 5.02 Å². The second-order valence-corrected chi connectivity index (χ2v) is 4.53. The van der Waals surface area contributed by atoms with Crippen LogP contribution in [0.4, 0.5) is 5.82 Å². The van der Waals surface area contributed by atoms with Gasteiger partial charge in [0.05, 0.1) is 23.0 Å². The average molecular weight is 303 g/mol. The Bertz CT molecular complexity index is 587. The molecule has 7 heteroatoms. The molecule has 1 amide bonds. The predicted octanol–water partition coefficient (Wildman–Crippen LogP) is 3.69. The highest BCUT2D eigenvalue weighted by Crippen LogP contribution is 2.21. The van der Waals surface area contributed by atoms with Crippen LogP contribution in [-0.4, -0.2) is 15.9 Å². The minimum atomic E-state index is -0.395. The van der Waals surface area contributed by atoms with E-state index in [1.54, 1.807) is 6.07 Å². The molecular formula is C11H6Cl3N3O. The van der Waals surface area contributed by atoms with Gasteiger partial charge in [-0.25, -0.2) is 9.97 Å². The number of rotatable bonds is 2. The summed E-state index contributed by atoms with van der Waals surface area (Å²) in [5.74, 6) is -0.108. The topological polar surface area (TPSA) is 54.9 Å². The molecule has 0 spiro atoms. The standard InChI is InChI=1S/C11H6Cl3N3O/c12-6-1-2-7(8(13)3-6)11(18)17-10-5-15-9(14)4-16-10/h1-5H,(H,16,17,18). The van der Waals surface area contributed by atoms with Gasteiger partial charge >= 0.3 is 0 Å². The number of nitrogens with one attached hydrogen (secondary N) is 1. The minimum Gasteiger partial charge on any atom is -0.305 e. The zero-order chi connectivity index (χ0) is 13.1. The van der Waals surface area contributed by atoms with E-state index in [0.29, 0.717) is 10.6 Å². The van der Waals surface area contributed by atoms with Crippen molar-refractivity contribution < 1.29 is 4.79 Å². The Morgan fingerprint density at radius 1 is 1.11 bits per heavy atom. The predicted molar refractivity (Wildman–Crippen MR) is 71.5 cm³/mol. The van der Waals surface area contributed by atoms with Crippen LogP contribution in [-0.2, 0) is 0 Å². The number of carbonyl (C=O) groups is 1. The summed E-state index contributed by atoms with van der Waals surface area (Å²) < 4.78 is 0. The van der Waals surface area contributed by atoms with Gasteiger partial charge in [0.25, 0.3) is 5.91 Å². The fourth-order valence-electron chi connectivity index (χ4n) is 1.23. The lowest BCUT2D eigenvalue weighted by atomic mass is 10.2. The highest BCUT2D eigenvalue weighted by molar-refractivity contribution is 6.37. The second kappa shape index (κ2) is 5.52. The van der Waals surface area contributed by atoms with Crippen molar-refractivity contribution in [3.8, 4) is 0 Å². The van der Waals surface area contributed by atoms with Crippen LogP contribution < -0.4 is 5.32 Å². The van der Waals surface area contributed by atoms with Crippen molar-refractivity contribution in [1.29, 1.82) is 0 Å². The molecule has 1 aromatic carbocycles. The molecule has 2 rings (SSSR count). The third-order valence-corrected chi connectivity index (χ3v) is 2.78. The SMILES string of the molecule is O=C(Nc1cnc(Cl)cn1)c1ccc(Cl)cc1Cl. The molecule has 2 aromatic rings. The maximum atomic E-state index is 11.9. The van der Waals surface area contributed by atoms with E-state index in [-0.39, 0.29) is 16.0 Å². The third kappa shape index (κ3) is 3.10. The first-order chi connectivity index (χ1) is 8.56. The lowest BCUT2D eigenvalue weighted by Crippen LogP contribution is -2.13. The lowest BCUT2D eigenvalue weighted by molar-refractivity contribution is 0.102. The molecule has 0 atom stereocenters. The Hall–Kier alpha value is -1.36. The van der Waals surface area contributed by atoms with E-state index in [2.05, 4.69) is 15.3 Å². The Morgan fingerprint density at radius 3 is 2.50 bits per heavy atom. The number of aromatic nitrogens is 2. The molecule has 0 saturated carbocycles. The fourth-order valence-corrected chi connectivity index (χ4v) is 1.83. The summed E-state index contributed by atoms with van der Waals surface area (Å²) in [5, 5.41) is 3.52. The van der Waals surface area contributed by atoms with E-state index in [1.807, 2.05) is 0 Å². The smallest absolute Gasteiger partial charge is 0.258 e. The number of benzene rings is 1. The monoisotopic (exact) mass is 301 g/mol. The van der Waals surface area contributed by atoms with E-state index in [1.165, 1.54) is 24.5 Å². The molecule has 0 unspecified atom stereocenters. The number of carbonyl (C=O) groups excluding carboxylic acids is 1. The van der Waals surface area contributed by atoms with Gasteiger partial charge in [0.2, 0.25) is 0 Å². The highest BCUT2D eigenvalue weighted by Gasteiger charge is 2.11. The summed E-state index contributed by atoms with van der Waals surface area (Å²) in [6.07, 6.45) is 2.69. The zero-order valence-electron chi connectivity index (χ0n) is 8.82. The van der Waals surface area contributed by atoms with Crippen LogP contribution in [0.2, 0.25) is 15.2 Å². The number of halogens is 3. The van der Waals surface area contributed by atoms with Gasteiger partial charge < -0.3 is 5.32 Å². The van der Waals surface area contributed by atoms with Crippen LogP contribution >= 0.6 is 34.8 Å². The molecule has 0 bridgehead atoms. The summed E-state index contributed by atoms with van der Waals surface area (Å²) >= 11 is 17.2. The molecule has 0 aliphatic heterocycles. The van der Waals surface area contributed by atoms with Gasteiger partial charge in [-0.05, 0) is 18.2 Å². The van der Waals surface area contributed by atoms with E-state index in [9.17, 15) is 4.79 Å². The van der Waals surface area contributed by atoms with Gasteiger partial charge in [-0.15, -0.1) is 0 Å². The Balaban J connectivity index is 2.19. The molecule has 0 fully saturated rings. The van der Waals surface area contributed by atoms with Gasteiger partial charge in [-0.1, -0.05) is 34.8 Å². The van der Waals surface area contributed by atoms with Crippen LogP contribution in [0.15, 0.2) is 30.6 Å². The first-order valence-electron chi connectivity index (χ1n) is 4.80. The van der Waals surface area contributed by atoms with Crippen molar-refractivity contribution >= 4 is 46.5 Å². The van der Waals surface area contributed by atoms with Gasteiger partial charge in [-0.3, -0.25) is 4.79 Å². The Kier molecular flexibility index (Phi) is 4.01. The normalized spacial score (nSPS) is 10.2. The van der Waals surface area contributed by atoms with Crippen LogP contribution in [0.3, 0.4) is 0 Å². The van der Waals surface area contributed by atoms with E-state index >= 15 is 0 Å². The summed E-state index contributed by atoms with van der Waals surface area (Å²) in [6, 6.07) is 4.60. The quantitative estimate of drug-likeness (QED) is 0.920. The molecule has 4 nitrogen and oxygen atoms in total. The summed E-state index contributed by atoms with van der Waals surface area (Å²) in [5.41, 5.74) is 0.304. The highest BCUT2D eigenvalue weighted by atomic mass is 35.5. The van der Waals surface area contributed by atoms with E-state index in [4.69, 9.17) is 34.8 Å². The lowest BCUT2D eigenvalue weighted by Gasteiger charge is -2.05. The Labute approximate surface area is 118 Å². The molecule has 0 radical (unpaired) electrons. The van der Waals surface area contributed by atoms with Crippen LogP contribution in [0.25, 0.3) is 0 Å². The molecule has 18 heavy (non-hydrogen) atoms. The first kappa shape index (κ1) is 13.1. The number of anilines is 1. The number of hydrogen-bond donors (Lipinski definition) is 1. The van der Waals surface area contributed by atoms with Crippen molar-refractivity contribution in [2.75, 3.05) is 5.32 Å². The number of nitrogens with zero attached hydrogens (tertiary/aromatic N) is 2. The van der Waals surface area contributed by atoms with Crippen molar-refractivity contribution in [3.63, 3.8) is 0 Å². The van der Waals surface area contributed by atoms with Crippen molar-refractivity contribution in [2.24, 2.45) is 0 Å². The molecule has 0 aliphatic carbocycles. The maximum absolute atomic E-state index is 11.9. The van der Waals surface area contributed by atoms with Crippen molar-refractivity contribution in [1.82, 2.24) is 9.97 Å². The summed E-state index contributed by atoms with van der Waals surface area (Å²) in [7, 11) is 0. The van der Waals surface area contributed by atoms with Gasteiger partial charge in [0.1, 0.15) is 5.15 Å². The molecular weight excluding hydrogens is 296 g/mol. The van der Waals surface area contributed by atoms with Crippen LogP contribution in [0.1, 0.15) is 10.4 Å². The van der Waals surface area contributed by atoms with Crippen LogP contribution in [0.5, 0.6) is 0 Å². The maximum Gasteiger partial charge on any atom is 0.258 e. The summed E-state index contributed by atoms with van der Waals surface area (Å²) in [6.45, 7) is 0. The van der Waals surface area contributed by atoms with Crippen molar-refractivity contribution in [2.45, 2.75) is 0 Å². The fraction of sp³-hybridized carbons (Fsp3) is 0. The number of hydrogen-bond acceptors (Lipinski definition) is 3. The van der Waals surface area contributed by atoms with Crippen LogP contribution in [0, 0.1) is 0 Å². The first-order valence-corrected chi connectivity index (χ1v) is 5.93. The van der Waals surface area contributed by atoms with Gasteiger partial charge in [0.15, 0.2) is 5.82 Å². The third-order valence-electron chi connectivity index (χ3n) is 2.04. The van der Waals surface area contributed by atoms with E-state index < -0.39 is 5.91 Å². The summed E-state index contributed by atoms with van der Waals surface area (Å²) in [4.78, 5) is 19.6. The molecule has 0 saturated heterocycles. The van der Waals surface area contributed by atoms with Crippen molar-refractivity contribution in [3.05, 3.63) is 51.4 Å². The zero-order valence-corrected chi connectivity index (χ0v) is 11.1. The molecule has 1 heterocycles. The molecule has 1 aromatic heterocycles. The minimum absolute atomic E-state index is 0.248. The Morgan fingerprint density at radius 2 is 1.89 bits per heavy atom. The number of amides is 1. The molecule has 0 aliphatic rings. The molecule has 92 valence electrons. The average Bonchev–Trinajstić information content (AvgIpc) is 2.32. The van der Waals surface area contributed by atoms with E-state index in [0.717, 1.165) is 0 Å². The molecule has 1 N–H and O–H groups in total. The van der Waals surface area contributed by atoms with Gasteiger partial charge in [-0.2, -0.15) is 0 Å². The largest absolute Gasteiger partial charge is 0.305 e.